The molecular formula is C16H23NO2. The quantitative estimate of drug-likeness (QED) is 0.706. The average molecular weight is 261 g/mol. The standard InChI is InChI=1S/C16H23NO2/c1-2-5-16(18)14-6-8-15(9-7-14)19-13-12-17-10-3-4-11-17/h6-9H,2-5,10-13H2,1H3. The van der Waals surface area contributed by atoms with Crippen molar-refractivity contribution in [3.8, 4) is 5.75 Å². The lowest BCUT2D eigenvalue weighted by molar-refractivity contribution is 0.0981. The molecule has 19 heavy (non-hydrogen) atoms. The Kier molecular flexibility index (Phi) is 5.40. The molecule has 0 bridgehead atoms. The van der Waals surface area contributed by atoms with Crippen molar-refractivity contribution in [2.45, 2.75) is 32.6 Å². The van der Waals surface area contributed by atoms with E-state index in [9.17, 15) is 4.79 Å². The lowest BCUT2D eigenvalue weighted by Crippen LogP contribution is -2.25. The summed E-state index contributed by atoms with van der Waals surface area (Å²) in [5.41, 5.74) is 0.786. The summed E-state index contributed by atoms with van der Waals surface area (Å²) in [6, 6.07) is 7.52. The van der Waals surface area contributed by atoms with E-state index in [0.29, 0.717) is 6.42 Å². The largest absolute Gasteiger partial charge is 0.492 e. The zero-order valence-electron chi connectivity index (χ0n) is 11.7. The lowest BCUT2D eigenvalue weighted by Gasteiger charge is -2.14. The van der Waals surface area contributed by atoms with Crippen molar-refractivity contribution in [2.24, 2.45) is 0 Å². The second-order valence-corrected chi connectivity index (χ2v) is 5.09. The van der Waals surface area contributed by atoms with E-state index in [0.717, 1.165) is 30.9 Å². The van der Waals surface area contributed by atoms with Gasteiger partial charge in [-0.05, 0) is 56.6 Å². The van der Waals surface area contributed by atoms with Gasteiger partial charge >= 0.3 is 0 Å². The Hall–Kier alpha value is -1.35. The minimum absolute atomic E-state index is 0.214. The molecule has 0 aliphatic carbocycles. The van der Waals surface area contributed by atoms with Gasteiger partial charge in [-0.2, -0.15) is 0 Å². The molecule has 3 nitrogen and oxygen atoms in total. The van der Waals surface area contributed by atoms with Crippen molar-refractivity contribution in [3.63, 3.8) is 0 Å². The first-order chi connectivity index (χ1) is 9.29. The fraction of sp³-hybridized carbons (Fsp3) is 0.562. The molecule has 0 radical (unpaired) electrons. The molecule has 104 valence electrons. The molecule has 0 amide bonds. The Labute approximate surface area is 115 Å². The van der Waals surface area contributed by atoms with Crippen LogP contribution >= 0.6 is 0 Å². The zero-order valence-corrected chi connectivity index (χ0v) is 11.7. The maximum absolute atomic E-state index is 11.7. The molecule has 0 atom stereocenters. The molecule has 1 aliphatic rings. The van der Waals surface area contributed by atoms with Crippen LogP contribution in [0.5, 0.6) is 5.75 Å². The Morgan fingerprint density at radius 2 is 1.89 bits per heavy atom. The Balaban J connectivity index is 1.76. The van der Waals surface area contributed by atoms with Gasteiger partial charge in [0.2, 0.25) is 0 Å². The zero-order chi connectivity index (χ0) is 13.5. The smallest absolute Gasteiger partial charge is 0.162 e. The summed E-state index contributed by atoms with van der Waals surface area (Å²) < 4.78 is 5.71. The fourth-order valence-electron chi connectivity index (χ4n) is 2.41. The van der Waals surface area contributed by atoms with E-state index in [1.165, 1.54) is 25.9 Å². The molecule has 2 rings (SSSR count). The van der Waals surface area contributed by atoms with Crippen LogP contribution in [-0.2, 0) is 0 Å². The number of ether oxygens (including phenoxy) is 1. The van der Waals surface area contributed by atoms with Crippen LogP contribution < -0.4 is 4.74 Å². The number of rotatable bonds is 7. The van der Waals surface area contributed by atoms with Gasteiger partial charge in [0.25, 0.3) is 0 Å². The summed E-state index contributed by atoms with van der Waals surface area (Å²) in [6.45, 7) is 6.15. The second kappa shape index (κ2) is 7.29. The minimum atomic E-state index is 0.214. The molecular weight excluding hydrogens is 238 g/mol. The highest BCUT2D eigenvalue weighted by atomic mass is 16.5. The van der Waals surface area contributed by atoms with E-state index in [2.05, 4.69) is 4.90 Å². The van der Waals surface area contributed by atoms with Crippen molar-refractivity contribution in [1.82, 2.24) is 4.90 Å². The molecule has 0 unspecified atom stereocenters. The summed E-state index contributed by atoms with van der Waals surface area (Å²) in [6.07, 6.45) is 4.14. The van der Waals surface area contributed by atoms with E-state index in [-0.39, 0.29) is 5.78 Å². The second-order valence-electron chi connectivity index (χ2n) is 5.09. The number of benzene rings is 1. The highest BCUT2D eigenvalue weighted by Gasteiger charge is 2.10. The van der Waals surface area contributed by atoms with Crippen LogP contribution in [0.25, 0.3) is 0 Å². The van der Waals surface area contributed by atoms with Crippen LogP contribution in [-0.4, -0.2) is 36.9 Å². The topological polar surface area (TPSA) is 29.5 Å². The highest BCUT2D eigenvalue weighted by Crippen LogP contribution is 2.14. The number of hydrogen-bond donors (Lipinski definition) is 0. The van der Waals surface area contributed by atoms with Gasteiger partial charge in [-0.1, -0.05) is 6.92 Å². The number of carbonyl (C=O) groups is 1. The average Bonchev–Trinajstić information content (AvgIpc) is 2.93. The third kappa shape index (κ3) is 4.35. The van der Waals surface area contributed by atoms with Crippen LogP contribution in [0.4, 0.5) is 0 Å². The predicted molar refractivity (Wildman–Crippen MR) is 76.8 cm³/mol. The van der Waals surface area contributed by atoms with Gasteiger partial charge in [0, 0.05) is 18.5 Å². The number of carbonyl (C=O) groups excluding carboxylic acids is 1. The summed E-state index contributed by atoms with van der Waals surface area (Å²) in [5, 5.41) is 0. The van der Waals surface area contributed by atoms with E-state index in [1.54, 1.807) is 0 Å². The highest BCUT2D eigenvalue weighted by molar-refractivity contribution is 5.96. The van der Waals surface area contributed by atoms with Gasteiger partial charge < -0.3 is 4.74 Å². The van der Waals surface area contributed by atoms with Crippen molar-refractivity contribution >= 4 is 5.78 Å². The number of likely N-dealkylation sites (tertiary alicyclic amines) is 1. The van der Waals surface area contributed by atoms with E-state index < -0.39 is 0 Å². The normalized spacial score (nSPS) is 15.6. The van der Waals surface area contributed by atoms with Crippen molar-refractivity contribution in [2.75, 3.05) is 26.2 Å². The summed E-state index contributed by atoms with van der Waals surface area (Å²) in [7, 11) is 0. The molecule has 0 saturated carbocycles. The molecule has 1 saturated heterocycles. The molecule has 0 spiro atoms. The molecule has 1 aliphatic heterocycles. The van der Waals surface area contributed by atoms with E-state index in [4.69, 9.17) is 4.74 Å². The van der Waals surface area contributed by atoms with Crippen molar-refractivity contribution in [3.05, 3.63) is 29.8 Å². The molecule has 3 heteroatoms. The van der Waals surface area contributed by atoms with E-state index >= 15 is 0 Å². The summed E-state index contributed by atoms with van der Waals surface area (Å²) in [4.78, 5) is 14.1. The van der Waals surface area contributed by atoms with Gasteiger partial charge in [-0.25, -0.2) is 0 Å². The Bertz CT molecular complexity index is 394. The van der Waals surface area contributed by atoms with E-state index in [1.807, 2.05) is 31.2 Å². The maximum Gasteiger partial charge on any atom is 0.162 e. The molecule has 1 heterocycles. The van der Waals surface area contributed by atoms with Gasteiger partial charge in [-0.15, -0.1) is 0 Å². The third-order valence-corrected chi connectivity index (χ3v) is 3.53. The Morgan fingerprint density at radius 3 is 2.53 bits per heavy atom. The van der Waals surface area contributed by atoms with Crippen LogP contribution in [0.2, 0.25) is 0 Å². The van der Waals surface area contributed by atoms with Gasteiger partial charge in [-0.3, -0.25) is 9.69 Å². The molecule has 1 aromatic carbocycles. The first kappa shape index (κ1) is 14.1. The van der Waals surface area contributed by atoms with Crippen molar-refractivity contribution in [1.29, 1.82) is 0 Å². The number of Topliss-reactive ketones (excluding diaryl/α,β-unsaturated/α-hetero) is 1. The maximum atomic E-state index is 11.7. The van der Waals surface area contributed by atoms with Crippen molar-refractivity contribution < 1.29 is 9.53 Å². The van der Waals surface area contributed by atoms with Gasteiger partial charge in [0.15, 0.2) is 5.78 Å². The minimum Gasteiger partial charge on any atom is -0.492 e. The summed E-state index contributed by atoms with van der Waals surface area (Å²) >= 11 is 0. The molecule has 0 N–H and O–H groups in total. The first-order valence-corrected chi connectivity index (χ1v) is 7.28. The number of ketones is 1. The molecule has 0 aromatic heterocycles. The van der Waals surface area contributed by atoms with Crippen LogP contribution in [0.3, 0.4) is 0 Å². The lowest BCUT2D eigenvalue weighted by atomic mass is 10.1. The molecule has 1 fully saturated rings. The predicted octanol–water partition coefficient (Wildman–Crippen LogP) is 3.14. The molecule has 1 aromatic rings. The SMILES string of the molecule is CCCC(=O)c1ccc(OCCN2CCCC2)cc1. The summed E-state index contributed by atoms with van der Waals surface area (Å²) in [5.74, 6) is 1.07. The van der Waals surface area contributed by atoms with Crippen LogP contribution in [0.15, 0.2) is 24.3 Å². The first-order valence-electron chi connectivity index (χ1n) is 7.28. The van der Waals surface area contributed by atoms with Crippen LogP contribution in [0.1, 0.15) is 43.0 Å². The third-order valence-electron chi connectivity index (χ3n) is 3.53. The van der Waals surface area contributed by atoms with Gasteiger partial charge in [0.05, 0.1) is 0 Å². The van der Waals surface area contributed by atoms with Crippen LogP contribution in [0, 0.1) is 0 Å². The monoisotopic (exact) mass is 261 g/mol. The number of hydrogen-bond acceptors (Lipinski definition) is 3. The van der Waals surface area contributed by atoms with Gasteiger partial charge in [0.1, 0.15) is 12.4 Å². The Morgan fingerprint density at radius 1 is 1.21 bits per heavy atom. The number of nitrogens with zero attached hydrogens (tertiary/aromatic N) is 1. The fourth-order valence-corrected chi connectivity index (χ4v) is 2.41.